The van der Waals surface area contributed by atoms with Crippen LogP contribution in [0.4, 0.5) is 0 Å². The van der Waals surface area contributed by atoms with Crippen LogP contribution in [0.15, 0.2) is 48.7 Å². The van der Waals surface area contributed by atoms with Crippen molar-refractivity contribution in [3.05, 3.63) is 59.9 Å². The van der Waals surface area contributed by atoms with Gasteiger partial charge in [0.1, 0.15) is 5.75 Å². The van der Waals surface area contributed by atoms with Gasteiger partial charge in [0.25, 0.3) is 0 Å². The Balaban J connectivity index is 1.88. The Hall–Kier alpha value is -1.83. The summed E-state index contributed by atoms with van der Waals surface area (Å²) in [5.41, 5.74) is 2.66. The first-order chi connectivity index (χ1) is 9.88. The second-order valence-corrected chi connectivity index (χ2v) is 5.53. The molecule has 0 aliphatic heterocycles. The van der Waals surface area contributed by atoms with E-state index in [1.807, 2.05) is 12.3 Å². The molecule has 1 fully saturated rings. The minimum Gasteiger partial charge on any atom is -0.497 e. The van der Waals surface area contributed by atoms with Crippen molar-refractivity contribution in [1.82, 2.24) is 4.98 Å². The van der Waals surface area contributed by atoms with Gasteiger partial charge in [-0.1, -0.05) is 31.0 Å². The Morgan fingerprint density at radius 2 is 1.70 bits per heavy atom. The van der Waals surface area contributed by atoms with E-state index in [9.17, 15) is 0 Å². The maximum atomic E-state index is 5.26. The summed E-state index contributed by atoms with van der Waals surface area (Å²) in [5, 5.41) is 0. The summed E-state index contributed by atoms with van der Waals surface area (Å²) in [5.74, 6) is 2.07. The molecule has 0 N–H and O–H groups in total. The number of ether oxygens (including phenoxy) is 1. The zero-order chi connectivity index (χ0) is 13.8. The molecule has 1 aromatic carbocycles. The van der Waals surface area contributed by atoms with Gasteiger partial charge in [-0.05, 0) is 48.6 Å². The monoisotopic (exact) mass is 267 g/mol. The van der Waals surface area contributed by atoms with Crippen molar-refractivity contribution in [3.8, 4) is 5.75 Å². The molecular weight excluding hydrogens is 246 g/mol. The average molecular weight is 267 g/mol. The molecule has 2 nitrogen and oxygen atoms in total. The Morgan fingerprint density at radius 3 is 2.35 bits per heavy atom. The predicted octanol–water partition coefficient (Wildman–Crippen LogP) is 4.53. The summed E-state index contributed by atoms with van der Waals surface area (Å²) in [6.07, 6.45) is 7.05. The fourth-order valence-corrected chi connectivity index (χ4v) is 3.33. The third kappa shape index (κ3) is 2.69. The van der Waals surface area contributed by atoms with E-state index >= 15 is 0 Å². The molecular formula is C18H21NO. The number of rotatable bonds is 3. The van der Waals surface area contributed by atoms with Crippen LogP contribution in [0.2, 0.25) is 0 Å². The Bertz CT molecular complexity index is 535. The van der Waals surface area contributed by atoms with E-state index in [4.69, 9.17) is 4.74 Å². The summed E-state index contributed by atoms with van der Waals surface area (Å²) >= 11 is 0. The first kappa shape index (κ1) is 13.2. The summed E-state index contributed by atoms with van der Waals surface area (Å²) < 4.78 is 5.26. The minimum absolute atomic E-state index is 0.554. The zero-order valence-corrected chi connectivity index (χ0v) is 12.0. The highest BCUT2D eigenvalue weighted by Gasteiger charge is 2.28. The molecule has 1 aromatic heterocycles. The molecule has 2 atom stereocenters. The molecule has 104 valence electrons. The van der Waals surface area contributed by atoms with Gasteiger partial charge in [-0.25, -0.2) is 0 Å². The fourth-order valence-electron chi connectivity index (χ4n) is 3.33. The van der Waals surface area contributed by atoms with Crippen LogP contribution in [0, 0.1) is 0 Å². The van der Waals surface area contributed by atoms with Gasteiger partial charge in [-0.3, -0.25) is 4.98 Å². The molecule has 0 saturated heterocycles. The van der Waals surface area contributed by atoms with E-state index < -0.39 is 0 Å². The first-order valence-corrected chi connectivity index (χ1v) is 7.43. The van der Waals surface area contributed by atoms with Gasteiger partial charge in [-0.2, -0.15) is 0 Å². The molecule has 2 aromatic rings. The van der Waals surface area contributed by atoms with Crippen LogP contribution in [0.5, 0.6) is 5.75 Å². The second-order valence-electron chi connectivity index (χ2n) is 5.53. The van der Waals surface area contributed by atoms with Crippen molar-refractivity contribution < 1.29 is 4.74 Å². The zero-order valence-electron chi connectivity index (χ0n) is 12.0. The Kier molecular flexibility index (Phi) is 4.00. The first-order valence-electron chi connectivity index (χ1n) is 7.43. The highest BCUT2D eigenvalue weighted by molar-refractivity contribution is 5.32. The fraction of sp³-hybridized carbons (Fsp3) is 0.389. The molecule has 0 bridgehead atoms. The molecule has 1 heterocycles. The van der Waals surface area contributed by atoms with E-state index in [-0.39, 0.29) is 0 Å². The SMILES string of the molecule is COc1ccc([C@H]2CCCC[C@H]2c2ccccn2)cc1. The number of hydrogen-bond acceptors (Lipinski definition) is 2. The Morgan fingerprint density at radius 1 is 0.950 bits per heavy atom. The average Bonchev–Trinajstić information content (AvgIpc) is 2.56. The van der Waals surface area contributed by atoms with Crippen LogP contribution in [-0.4, -0.2) is 12.1 Å². The molecule has 3 rings (SSSR count). The van der Waals surface area contributed by atoms with Gasteiger partial charge in [-0.15, -0.1) is 0 Å². The number of hydrogen-bond donors (Lipinski definition) is 0. The van der Waals surface area contributed by atoms with Crippen LogP contribution < -0.4 is 4.74 Å². The number of methoxy groups -OCH3 is 1. The van der Waals surface area contributed by atoms with Gasteiger partial charge in [0.05, 0.1) is 7.11 Å². The summed E-state index contributed by atoms with van der Waals surface area (Å²) in [4.78, 5) is 4.59. The van der Waals surface area contributed by atoms with E-state index in [0.717, 1.165) is 5.75 Å². The molecule has 1 aliphatic rings. The minimum atomic E-state index is 0.554. The Labute approximate surface area is 120 Å². The maximum absolute atomic E-state index is 5.26. The maximum Gasteiger partial charge on any atom is 0.118 e. The molecule has 0 radical (unpaired) electrons. The summed E-state index contributed by atoms with van der Waals surface area (Å²) in [6, 6.07) is 14.8. The molecule has 1 aliphatic carbocycles. The third-order valence-electron chi connectivity index (χ3n) is 4.38. The van der Waals surface area contributed by atoms with E-state index in [0.29, 0.717) is 11.8 Å². The van der Waals surface area contributed by atoms with Crippen molar-refractivity contribution in [2.24, 2.45) is 0 Å². The van der Waals surface area contributed by atoms with E-state index in [1.165, 1.54) is 36.9 Å². The molecule has 0 spiro atoms. The number of aromatic nitrogens is 1. The summed E-state index contributed by atoms with van der Waals surface area (Å²) in [7, 11) is 1.71. The molecule has 20 heavy (non-hydrogen) atoms. The standard InChI is InChI=1S/C18H21NO/c1-20-15-11-9-14(10-12-15)16-6-2-3-7-17(16)18-8-4-5-13-19-18/h4-5,8-13,16-17H,2-3,6-7H2,1H3/t16-,17-/m1/s1. The van der Waals surface area contributed by atoms with Gasteiger partial charge >= 0.3 is 0 Å². The second kappa shape index (κ2) is 6.08. The molecule has 1 saturated carbocycles. The van der Waals surface area contributed by atoms with Crippen molar-refractivity contribution >= 4 is 0 Å². The van der Waals surface area contributed by atoms with Crippen molar-refractivity contribution in [2.75, 3.05) is 7.11 Å². The summed E-state index contributed by atoms with van der Waals surface area (Å²) in [6.45, 7) is 0. The van der Waals surface area contributed by atoms with Crippen LogP contribution in [0.1, 0.15) is 48.8 Å². The van der Waals surface area contributed by atoms with Crippen molar-refractivity contribution in [1.29, 1.82) is 0 Å². The molecule has 2 heteroatoms. The topological polar surface area (TPSA) is 22.1 Å². The van der Waals surface area contributed by atoms with Crippen LogP contribution in [0.25, 0.3) is 0 Å². The van der Waals surface area contributed by atoms with E-state index in [1.54, 1.807) is 7.11 Å². The lowest BCUT2D eigenvalue weighted by Crippen LogP contribution is -2.17. The lowest BCUT2D eigenvalue weighted by Gasteiger charge is -2.31. The number of nitrogens with zero attached hydrogens (tertiary/aromatic N) is 1. The van der Waals surface area contributed by atoms with Crippen LogP contribution in [0.3, 0.4) is 0 Å². The van der Waals surface area contributed by atoms with Gasteiger partial charge in [0.2, 0.25) is 0 Å². The largest absolute Gasteiger partial charge is 0.497 e. The smallest absolute Gasteiger partial charge is 0.118 e. The lowest BCUT2D eigenvalue weighted by atomic mass is 9.74. The highest BCUT2D eigenvalue weighted by atomic mass is 16.5. The van der Waals surface area contributed by atoms with Crippen molar-refractivity contribution in [3.63, 3.8) is 0 Å². The van der Waals surface area contributed by atoms with Gasteiger partial charge in [0, 0.05) is 17.8 Å². The molecule has 0 amide bonds. The number of benzene rings is 1. The number of pyridine rings is 1. The van der Waals surface area contributed by atoms with Crippen LogP contribution in [-0.2, 0) is 0 Å². The van der Waals surface area contributed by atoms with E-state index in [2.05, 4.69) is 41.4 Å². The van der Waals surface area contributed by atoms with Gasteiger partial charge in [0.15, 0.2) is 0 Å². The normalized spacial score (nSPS) is 22.4. The third-order valence-corrected chi connectivity index (χ3v) is 4.38. The van der Waals surface area contributed by atoms with Crippen LogP contribution >= 0.6 is 0 Å². The van der Waals surface area contributed by atoms with Crippen molar-refractivity contribution in [2.45, 2.75) is 37.5 Å². The molecule has 0 unspecified atom stereocenters. The van der Waals surface area contributed by atoms with Gasteiger partial charge < -0.3 is 4.74 Å². The quantitative estimate of drug-likeness (QED) is 0.815. The highest BCUT2D eigenvalue weighted by Crippen LogP contribution is 2.43. The predicted molar refractivity (Wildman–Crippen MR) is 81.2 cm³/mol. The lowest BCUT2D eigenvalue weighted by molar-refractivity contribution is 0.379.